The summed E-state index contributed by atoms with van der Waals surface area (Å²) < 4.78 is 10.3. The normalized spacial score (nSPS) is 23.3. The molecule has 2 heterocycles. The molecule has 1 N–H and O–H groups in total. The Labute approximate surface area is 78.5 Å². The van der Waals surface area contributed by atoms with Gasteiger partial charge in [0.25, 0.3) is 0 Å². The van der Waals surface area contributed by atoms with Crippen LogP contribution in [0.2, 0.25) is 0 Å². The highest BCUT2D eigenvalue weighted by Crippen LogP contribution is 2.18. The Morgan fingerprint density at radius 1 is 1.46 bits per heavy atom. The Morgan fingerprint density at radius 3 is 2.85 bits per heavy atom. The van der Waals surface area contributed by atoms with Crippen LogP contribution in [0.15, 0.2) is 12.1 Å². The molecule has 0 aromatic heterocycles. The van der Waals surface area contributed by atoms with Crippen molar-refractivity contribution in [2.45, 2.75) is 18.9 Å². The van der Waals surface area contributed by atoms with Crippen molar-refractivity contribution in [1.29, 1.82) is 0 Å². The van der Waals surface area contributed by atoms with E-state index in [4.69, 9.17) is 9.47 Å². The summed E-state index contributed by atoms with van der Waals surface area (Å²) >= 11 is 0. The van der Waals surface area contributed by atoms with Crippen LogP contribution in [0.3, 0.4) is 0 Å². The number of nitrogens with zero attached hydrogens (tertiary/aromatic N) is 1. The van der Waals surface area contributed by atoms with Gasteiger partial charge < -0.3 is 19.7 Å². The maximum atomic E-state index is 5.31. The Morgan fingerprint density at radius 2 is 2.23 bits per heavy atom. The molecule has 4 heteroatoms. The third-order valence-corrected chi connectivity index (χ3v) is 2.66. The average Bonchev–Trinajstić information content (AvgIpc) is 2.71. The van der Waals surface area contributed by atoms with Crippen LogP contribution < -0.4 is 5.32 Å². The lowest BCUT2D eigenvalue weighted by Gasteiger charge is -2.32. The zero-order valence-corrected chi connectivity index (χ0v) is 7.95. The number of rotatable bonds is 2. The van der Waals surface area contributed by atoms with Crippen LogP contribution in [-0.4, -0.2) is 37.9 Å². The van der Waals surface area contributed by atoms with Crippen molar-refractivity contribution in [3.05, 3.63) is 12.1 Å². The molecule has 0 aliphatic carbocycles. The van der Waals surface area contributed by atoms with Crippen LogP contribution in [0.25, 0.3) is 0 Å². The Bertz CT molecular complexity index is 200. The number of hydrogen-bond donors (Lipinski definition) is 1. The predicted octanol–water partition coefficient (Wildman–Crippen LogP) is 0.473. The Kier molecular flexibility index (Phi) is 2.59. The van der Waals surface area contributed by atoms with Gasteiger partial charge in [0.2, 0.25) is 12.7 Å². The summed E-state index contributed by atoms with van der Waals surface area (Å²) in [7, 11) is 2.07. The van der Waals surface area contributed by atoms with Crippen LogP contribution in [0.1, 0.15) is 12.8 Å². The number of nitrogens with one attached hydrogen (secondary N) is 1. The minimum Gasteiger partial charge on any atom is -0.459 e. The molecule has 0 radical (unpaired) electrons. The average molecular weight is 184 g/mol. The van der Waals surface area contributed by atoms with Crippen molar-refractivity contribution in [2.24, 2.45) is 0 Å². The summed E-state index contributed by atoms with van der Waals surface area (Å²) in [5.41, 5.74) is 0. The van der Waals surface area contributed by atoms with E-state index in [0.29, 0.717) is 12.8 Å². The first kappa shape index (κ1) is 8.69. The van der Waals surface area contributed by atoms with E-state index in [0.717, 1.165) is 19.0 Å². The second-order valence-electron chi connectivity index (χ2n) is 3.48. The molecule has 2 aliphatic rings. The highest BCUT2D eigenvalue weighted by Gasteiger charge is 2.22. The van der Waals surface area contributed by atoms with Crippen molar-refractivity contribution >= 4 is 0 Å². The summed E-state index contributed by atoms with van der Waals surface area (Å²) in [4.78, 5) is 2.17. The zero-order chi connectivity index (χ0) is 9.10. The first-order chi connectivity index (χ1) is 6.38. The van der Waals surface area contributed by atoms with Gasteiger partial charge in [-0.1, -0.05) is 0 Å². The number of ether oxygens (including phenoxy) is 2. The maximum Gasteiger partial charge on any atom is 0.232 e. The van der Waals surface area contributed by atoms with Crippen LogP contribution in [-0.2, 0) is 9.47 Å². The Balaban J connectivity index is 1.90. The topological polar surface area (TPSA) is 33.7 Å². The standard InChI is InChI=1S/C9H16N2O2/c1-11(9-6-12-7-13-9)8-2-4-10-5-3-8/h6,8,10H,2-5,7H2,1H3. The molecule has 4 nitrogen and oxygen atoms in total. The van der Waals surface area contributed by atoms with Crippen molar-refractivity contribution in [3.63, 3.8) is 0 Å². The van der Waals surface area contributed by atoms with E-state index in [9.17, 15) is 0 Å². The van der Waals surface area contributed by atoms with E-state index in [1.165, 1.54) is 12.8 Å². The summed E-state index contributed by atoms with van der Waals surface area (Å²) in [6, 6.07) is 0.592. The van der Waals surface area contributed by atoms with Crippen LogP contribution in [0.5, 0.6) is 0 Å². The van der Waals surface area contributed by atoms with E-state index in [1.807, 2.05) is 0 Å². The molecule has 74 valence electrons. The SMILES string of the molecule is CN(C1=COCO1)C1CCNCC1. The number of piperidine rings is 1. The molecule has 0 spiro atoms. The first-order valence-electron chi connectivity index (χ1n) is 4.76. The van der Waals surface area contributed by atoms with Crippen LogP contribution in [0.4, 0.5) is 0 Å². The van der Waals surface area contributed by atoms with E-state index in [1.54, 1.807) is 6.26 Å². The second-order valence-corrected chi connectivity index (χ2v) is 3.48. The molecule has 0 aromatic carbocycles. The lowest BCUT2D eigenvalue weighted by atomic mass is 10.1. The predicted molar refractivity (Wildman–Crippen MR) is 48.8 cm³/mol. The quantitative estimate of drug-likeness (QED) is 0.676. The zero-order valence-electron chi connectivity index (χ0n) is 7.95. The molecule has 0 amide bonds. The highest BCUT2D eigenvalue weighted by atomic mass is 16.7. The van der Waals surface area contributed by atoms with Crippen LogP contribution >= 0.6 is 0 Å². The molecule has 0 aromatic rings. The fourth-order valence-electron chi connectivity index (χ4n) is 1.79. The third kappa shape index (κ3) is 1.88. The molecule has 1 saturated heterocycles. The highest BCUT2D eigenvalue weighted by molar-refractivity contribution is 4.93. The van der Waals surface area contributed by atoms with Gasteiger partial charge in [0.1, 0.15) is 6.26 Å². The van der Waals surface area contributed by atoms with Gasteiger partial charge >= 0.3 is 0 Å². The first-order valence-corrected chi connectivity index (χ1v) is 4.76. The summed E-state index contributed by atoms with van der Waals surface area (Å²) in [6.45, 7) is 2.57. The van der Waals surface area contributed by atoms with Gasteiger partial charge in [0, 0.05) is 13.1 Å². The van der Waals surface area contributed by atoms with Gasteiger partial charge in [0.05, 0.1) is 0 Å². The summed E-state index contributed by atoms with van der Waals surface area (Å²) in [5.74, 6) is 0.868. The molecule has 0 unspecified atom stereocenters. The molecule has 13 heavy (non-hydrogen) atoms. The van der Waals surface area contributed by atoms with Crippen molar-refractivity contribution < 1.29 is 9.47 Å². The van der Waals surface area contributed by atoms with Crippen molar-refractivity contribution in [1.82, 2.24) is 10.2 Å². The molecule has 0 saturated carbocycles. The van der Waals surface area contributed by atoms with Gasteiger partial charge in [-0.3, -0.25) is 0 Å². The lowest BCUT2D eigenvalue weighted by molar-refractivity contribution is 0.0415. The monoisotopic (exact) mass is 184 g/mol. The summed E-state index contributed by atoms with van der Waals surface area (Å²) in [6.07, 6.45) is 4.05. The molecule has 0 bridgehead atoms. The molecule has 2 rings (SSSR count). The van der Waals surface area contributed by atoms with Gasteiger partial charge in [0.15, 0.2) is 0 Å². The van der Waals surface area contributed by atoms with E-state index < -0.39 is 0 Å². The van der Waals surface area contributed by atoms with Crippen molar-refractivity contribution in [3.8, 4) is 0 Å². The minimum absolute atomic E-state index is 0.366. The van der Waals surface area contributed by atoms with Gasteiger partial charge in [-0.2, -0.15) is 0 Å². The lowest BCUT2D eigenvalue weighted by Crippen LogP contribution is -2.40. The fourth-order valence-corrected chi connectivity index (χ4v) is 1.79. The third-order valence-electron chi connectivity index (χ3n) is 2.66. The van der Waals surface area contributed by atoms with Crippen LogP contribution in [0, 0.1) is 0 Å². The maximum absolute atomic E-state index is 5.31. The van der Waals surface area contributed by atoms with Gasteiger partial charge in [-0.05, 0) is 25.9 Å². The van der Waals surface area contributed by atoms with Gasteiger partial charge in [-0.15, -0.1) is 0 Å². The molecule has 2 aliphatic heterocycles. The minimum atomic E-state index is 0.366. The van der Waals surface area contributed by atoms with E-state index >= 15 is 0 Å². The molecule has 1 fully saturated rings. The molecular weight excluding hydrogens is 168 g/mol. The number of hydrogen-bond acceptors (Lipinski definition) is 4. The molecular formula is C9H16N2O2. The van der Waals surface area contributed by atoms with E-state index in [2.05, 4.69) is 17.3 Å². The largest absolute Gasteiger partial charge is 0.459 e. The van der Waals surface area contributed by atoms with Crippen molar-refractivity contribution in [2.75, 3.05) is 26.9 Å². The molecule has 0 atom stereocenters. The van der Waals surface area contributed by atoms with E-state index in [-0.39, 0.29) is 0 Å². The van der Waals surface area contributed by atoms with Gasteiger partial charge in [-0.25, -0.2) is 0 Å². The smallest absolute Gasteiger partial charge is 0.232 e. The fraction of sp³-hybridized carbons (Fsp3) is 0.778. The Hall–Kier alpha value is -0.900. The second kappa shape index (κ2) is 3.87. The summed E-state index contributed by atoms with van der Waals surface area (Å²) in [5, 5.41) is 3.34.